The average molecular weight is 228 g/mol. The van der Waals surface area contributed by atoms with Gasteiger partial charge in [0.2, 0.25) is 0 Å². The molecule has 0 heterocycles. The molecule has 0 bridgehead atoms. The summed E-state index contributed by atoms with van der Waals surface area (Å²) in [5, 5.41) is 0. The summed E-state index contributed by atoms with van der Waals surface area (Å²) >= 11 is 0. The van der Waals surface area contributed by atoms with E-state index >= 15 is 0 Å². The second-order valence-electron chi connectivity index (χ2n) is 5.95. The fraction of sp³-hybridized carbons (Fsp3) is 0.929. The van der Waals surface area contributed by atoms with Crippen molar-refractivity contribution in [1.82, 2.24) is 0 Å². The van der Waals surface area contributed by atoms with Crippen molar-refractivity contribution in [2.24, 2.45) is 16.7 Å². The van der Waals surface area contributed by atoms with Crippen LogP contribution in [-0.2, 0) is 9.53 Å². The summed E-state index contributed by atoms with van der Waals surface area (Å²) in [7, 11) is 0. The SMILES string of the molecule is CCOC(=O)C(C)(CC)CC(C)(C)C(C)C. The van der Waals surface area contributed by atoms with Crippen molar-refractivity contribution in [1.29, 1.82) is 0 Å². The number of rotatable bonds is 6. The molecule has 0 aliphatic rings. The monoisotopic (exact) mass is 228 g/mol. The summed E-state index contributed by atoms with van der Waals surface area (Å²) in [6.45, 7) is 15.3. The van der Waals surface area contributed by atoms with E-state index in [1.165, 1.54) is 0 Å². The van der Waals surface area contributed by atoms with Crippen LogP contribution in [0.3, 0.4) is 0 Å². The van der Waals surface area contributed by atoms with Gasteiger partial charge in [-0.3, -0.25) is 4.79 Å². The summed E-state index contributed by atoms with van der Waals surface area (Å²) < 4.78 is 5.18. The zero-order valence-corrected chi connectivity index (χ0v) is 12.0. The third kappa shape index (κ3) is 3.80. The molecule has 0 aromatic heterocycles. The molecule has 0 aliphatic carbocycles. The molecule has 16 heavy (non-hydrogen) atoms. The van der Waals surface area contributed by atoms with E-state index in [9.17, 15) is 4.79 Å². The smallest absolute Gasteiger partial charge is 0.311 e. The van der Waals surface area contributed by atoms with Crippen molar-refractivity contribution in [3.63, 3.8) is 0 Å². The van der Waals surface area contributed by atoms with Gasteiger partial charge in [0.1, 0.15) is 0 Å². The van der Waals surface area contributed by atoms with Crippen LogP contribution in [0.25, 0.3) is 0 Å². The first-order valence-corrected chi connectivity index (χ1v) is 6.37. The molecule has 0 fully saturated rings. The quantitative estimate of drug-likeness (QED) is 0.641. The molecule has 2 nitrogen and oxygen atoms in total. The topological polar surface area (TPSA) is 26.3 Å². The first-order chi connectivity index (χ1) is 7.19. The van der Waals surface area contributed by atoms with Gasteiger partial charge in [0.15, 0.2) is 0 Å². The van der Waals surface area contributed by atoms with Crippen molar-refractivity contribution >= 4 is 5.97 Å². The average Bonchev–Trinajstić information content (AvgIpc) is 2.17. The highest BCUT2D eigenvalue weighted by Crippen LogP contribution is 2.41. The van der Waals surface area contributed by atoms with E-state index in [0.29, 0.717) is 12.5 Å². The number of esters is 1. The van der Waals surface area contributed by atoms with Gasteiger partial charge in [0.25, 0.3) is 0 Å². The Morgan fingerprint density at radius 3 is 2.00 bits per heavy atom. The maximum atomic E-state index is 12.0. The zero-order chi connectivity index (χ0) is 13.0. The van der Waals surface area contributed by atoms with Crippen LogP contribution < -0.4 is 0 Å². The van der Waals surface area contributed by atoms with E-state index in [2.05, 4.69) is 34.6 Å². The molecule has 0 rings (SSSR count). The summed E-state index contributed by atoms with van der Waals surface area (Å²) in [6, 6.07) is 0. The minimum Gasteiger partial charge on any atom is -0.466 e. The summed E-state index contributed by atoms with van der Waals surface area (Å²) in [5.74, 6) is 0.513. The standard InChI is InChI=1S/C14H28O2/c1-8-14(7,12(15)16-9-2)10-13(5,6)11(3)4/h11H,8-10H2,1-7H3. The Morgan fingerprint density at radius 1 is 1.19 bits per heavy atom. The second kappa shape index (κ2) is 5.70. The molecular weight excluding hydrogens is 200 g/mol. The highest BCUT2D eigenvalue weighted by Gasteiger charge is 2.39. The molecular formula is C14H28O2. The van der Waals surface area contributed by atoms with Gasteiger partial charge in [-0.2, -0.15) is 0 Å². The van der Waals surface area contributed by atoms with E-state index in [4.69, 9.17) is 4.74 Å². The largest absolute Gasteiger partial charge is 0.466 e. The first kappa shape index (κ1) is 15.5. The van der Waals surface area contributed by atoms with E-state index in [1.807, 2.05) is 13.8 Å². The maximum absolute atomic E-state index is 12.0. The van der Waals surface area contributed by atoms with Crippen molar-refractivity contribution < 1.29 is 9.53 Å². The number of carbonyl (C=O) groups excluding carboxylic acids is 1. The third-order valence-electron chi connectivity index (χ3n) is 3.96. The lowest BCUT2D eigenvalue weighted by molar-refractivity contribution is -0.157. The number of hydrogen-bond acceptors (Lipinski definition) is 2. The van der Waals surface area contributed by atoms with Crippen LogP contribution in [0.2, 0.25) is 0 Å². The maximum Gasteiger partial charge on any atom is 0.311 e. The van der Waals surface area contributed by atoms with E-state index in [-0.39, 0.29) is 16.8 Å². The third-order valence-corrected chi connectivity index (χ3v) is 3.96. The first-order valence-electron chi connectivity index (χ1n) is 6.37. The fourth-order valence-corrected chi connectivity index (χ4v) is 1.86. The molecule has 1 atom stereocenters. The Hall–Kier alpha value is -0.530. The van der Waals surface area contributed by atoms with Crippen molar-refractivity contribution in [2.75, 3.05) is 6.61 Å². The fourth-order valence-electron chi connectivity index (χ4n) is 1.86. The Bertz CT molecular complexity index is 231. The lowest BCUT2D eigenvalue weighted by Gasteiger charge is -2.37. The van der Waals surface area contributed by atoms with Crippen LogP contribution in [0.1, 0.15) is 61.3 Å². The summed E-state index contributed by atoms with van der Waals surface area (Å²) in [6.07, 6.45) is 1.72. The van der Waals surface area contributed by atoms with E-state index in [1.54, 1.807) is 0 Å². The molecule has 0 saturated heterocycles. The molecule has 0 N–H and O–H groups in total. The van der Waals surface area contributed by atoms with Crippen LogP contribution in [0.4, 0.5) is 0 Å². The zero-order valence-electron chi connectivity index (χ0n) is 12.0. The number of ether oxygens (including phenoxy) is 1. The lowest BCUT2D eigenvalue weighted by Crippen LogP contribution is -2.36. The lowest BCUT2D eigenvalue weighted by atomic mass is 9.67. The molecule has 0 amide bonds. The summed E-state index contributed by atoms with van der Waals surface area (Å²) in [5.41, 5.74) is -0.179. The molecule has 0 aromatic carbocycles. The van der Waals surface area contributed by atoms with Gasteiger partial charge >= 0.3 is 5.97 Å². The molecule has 96 valence electrons. The van der Waals surface area contributed by atoms with Gasteiger partial charge < -0.3 is 4.74 Å². The normalized spacial score (nSPS) is 16.0. The minimum absolute atomic E-state index is 0.0498. The van der Waals surface area contributed by atoms with Gasteiger partial charge in [0, 0.05) is 0 Å². The molecule has 0 saturated carbocycles. The van der Waals surface area contributed by atoms with Crippen molar-refractivity contribution in [3.05, 3.63) is 0 Å². The predicted molar refractivity (Wildman–Crippen MR) is 68.3 cm³/mol. The predicted octanol–water partition coefficient (Wildman–Crippen LogP) is 4.04. The highest BCUT2D eigenvalue weighted by molar-refractivity contribution is 5.76. The molecule has 0 spiro atoms. The molecule has 0 aliphatic heterocycles. The van der Waals surface area contributed by atoms with Crippen LogP contribution in [0, 0.1) is 16.7 Å². The second-order valence-corrected chi connectivity index (χ2v) is 5.95. The van der Waals surface area contributed by atoms with Gasteiger partial charge in [-0.1, -0.05) is 34.6 Å². The Morgan fingerprint density at radius 2 is 1.69 bits per heavy atom. The van der Waals surface area contributed by atoms with Crippen LogP contribution >= 0.6 is 0 Å². The van der Waals surface area contributed by atoms with Gasteiger partial charge in [-0.15, -0.1) is 0 Å². The van der Waals surface area contributed by atoms with Crippen LogP contribution in [-0.4, -0.2) is 12.6 Å². The molecule has 2 heteroatoms. The Balaban J connectivity index is 4.78. The number of carbonyl (C=O) groups is 1. The molecule has 0 aromatic rings. The van der Waals surface area contributed by atoms with E-state index < -0.39 is 0 Å². The van der Waals surface area contributed by atoms with E-state index in [0.717, 1.165) is 12.8 Å². The Kier molecular flexibility index (Phi) is 5.51. The van der Waals surface area contributed by atoms with Gasteiger partial charge in [0.05, 0.1) is 12.0 Å². The Labute approximate surface area is 101 Å². The number of hydrogen-bond donors (Lipinski definition) is 0. The van der Waals surface area contributed by atoms with Gasteiger partial charge in [-0.05, 0) is 38.0 Å². The van der Waals surface area contributed by atoms with Crippen LogP contribution in [0.15, 0.2) is 0 Å². The highest BCUT2D eigenvalue weighted by atomic mass is 16.5. The van der Waals surface area contributed by atoms with Crippen molar-refractivity contribution in [2.45, 2.75) is 61.3 Å². The minimum atomic E-state index is -0.343. The molecule has 0 radical (unpaired) electrons. The van der Waals surface area contributed by atoms with Gasteiger partial charge in [-0.25, -0.2) is 0 Å². The van der Waals surface area contributed by atoms with Crippen LogP contribution in [0.5, 0.6) is 0 Å². The summed E-state index contributed by atoms with van der Waals surface area (Å²) in [4.78, 5) is 12.0. The van der Waals surface area contributed by atoms with Crippen molar-refractivity contribution in [3.8, 4) is 0 Å². The molecule has 1 unspecified atom stereocenters.